The van der Waals surface area contributed by atoms with Gasteiger partial charge in [0.25, 0.3) is 0 Å². The lowest BCUT2D eigenvalue weighted by molar-refractivity contribution is -0.167. The summed E-state index contributed by atoms with van der Waals surface area (Å²) in [4.78, 5) is 38.5. The molecule has 79 heavy (non-hydrogen) atoms. The zero-order valence-electron chi connectivity index (χ0n) is 53.4. The van der Waals surface area contributed by atoms with E-state index in [9.17, 15) is 14.4 Å². The summed E-state index contributed by atoms with van der Waals surface area (Å²) >= 11 is 0. The Balaban J connectivity index is 4.31. The monoisotopic (exact) mass is 1110 g/mol. The van der Waals surface area contributed by atoms with Gasteiger partial charge in [-0.1, -0.05) is 333 Å². The summed E-state index contributed by atoms with van der Waals surface area (Å²) in [5.41, 5.74) is 0. The minimum atomic E-state index is -0.774. The maximum Gasteiger partial charge on any atom is 0.306 e. The van der Waals surface area contributed by atoms with Crippen molar-refractivity contribution < 1.29 is 28.6 Å². The third-order valence-corrected chi connectivity index (χ3v) is 16.1. The van der Waals surface area contributed by atoms with Crippen LogP contribution in [0.5, 0.6) is 0 Å². The van der Waals surface area contributed by atoms with E-state index in [0.29, 0.717) is 19.3 Å². The van der Waals surface area contributed by atoms with Crippen molar-refractivity contribution in [3.05, 3.63) is 36.5 Å². The standard InChI is InChI=1S/C73H136O6/c1-4-7-10-13-16-19-22-25-28-31-33-35-36-38-39-42-45-48-51-54-57-60-63-66-72(75)78-69-70(68-77-71(74)65-62-59-56-53-50-47-44-41-30-27-24-21-18-15-12-9-6-3)79-73(76)67-64-61-58-55-52-49-46-43-40-37-34-32-29-26-23-20-17-14-11-8-5-2/h22,25,27,30-31,33,70H,4-21,23-24,26,28-29,32,34-69H2,1-3H3/b25-22-,30-27-,33-31-. The predicted octanol–water partition coefficient (Wildman–Crippen LogP) is 24.3. The number of carbonyl (C=O) groups is 3. The first-order valence-corrected chi connectivity index (χ1v) is 35.5. The van der Waals surface area contributed by atoms with Gasteiger partial charge in [-0.2, -0.15) is 0 Å². The van der Waals surface area contributed by atoms with Crippen LogP contribution in [0.4, 0.5) is 0 Å². The van der Waals surface area contributed by atoms with E-state index in [1.54, 1.807) is 0 Å². The molecule has 0 aliphatic heterocycles. The van der Waals surface area contributed by atoms with Crippen LogP contribution in [0.1, 0.15) is 393 Å². The summed E-state index contributed by atoms with van der Waals surface area (Å²) < 4.78 is 17.0. The van der Waals surface area contributed by atoms with E-state index in [1.165, 1.54) is 289 Å². The normalized spacial score (nSPS) is 12.2. The number of carbonyl (C=O) groups excluding carboxylic acids is 3. The fourth-order valence-corrected chi connectivity index (χ4v) is 10.8. The fraction of sp³-hybridized carbons (Fsp3) is 0.877. The summed E-state index contributed by atoms with van der Waals surface area (Å²) in [5.74, 6) is -0.845. The molecule has 0 aromatic carbocycles. The third-order valence-electron chi connectivity index (χ3n) is 16.1. The van der Waals surface area contributed by atoms with Crippen molar-refractivity contribution in [2.75, 3.05) is 13.2 Å². The second-order valence-electron chi connectivity index (χ2n) is 24.1. The van der Waals surface area contributed by atoms with Crippen LogP contribution < -0.4 is 0 Å². The first-order valence-electron chi connectivity index (χ1n) is 35.5. The van der Waals surface area contributed by atoms with Gasteiger partial charge in [0.15, 0.2) is 6.10 Å². The zero-order valence-corrected chi connectivity index (χ0v) is 53.4. The summed E-state index contributed by atoms with van der Waals surface area (Å²) in [7, 11) is 0. The average Bonchev–Trinajstić information content (AvgIpc) is 3.45. The van der Waals surface area contributed by atoms with Crippen LogP contribution in [0.3, 0.4) is 0 Å². The lowest BCUT2D eigenvalue weighted by atomic mass is 10.0. The molecule has 0 amide bonds. The molecule has 0 aliphatic rings. The van der Waals surface area contributed by atoms with E-state index in [0.717, 1.165) is 64.2 Å². The van der Waals surface area contributed by atoms with Gasteiger partial charge in [-0.25, -0.2) is 0 Å². The summed E-state index contributed by atoms with van der Waals surface area (Å²) in [6.07, 6.45) is 84.5. The molecule has 0 heterocycles. The molecule has 0 rings (SSSR count). The molecule has 0 fully saturated rings. The number of rotatable bonds is 66. The number of unbranched alkanes of at least 4 members (excludes halogenated alkanes) is 49. The first kappa shape index (κ1) is 76.6. The van der Waals surface area contributed by atoms with E-state index < -0.39 is 6.10 Å². The van der Waals surface area contributed by atoms with E-state index in [2.05, 4.69) is 57.2 Å². The van der Waals surface area contributed by atoms with Gasteiger partial charge in [0.1, 0.15) is 13.2 Å². The molecule has 0 aliphatic carbocycles. The Morgan fingerprint density at radius 1 is 0.253 bits per heavy atom. The second-order valence-corrected chi connectivity index (χ2v) is 24.1. The van der Waals surface area contributed by atoms with Crippen LogP contribution >= 0.6 is 0 Å². The van der Waals surface area contributed by atoms with Crippen LogP contribution in [0.25, 0.3) is 0 Å². The molecule has 0 spiro atoms. The highest BCUT2D eigenvalue weighted by molar-refractivity contribution is 5.71. The van der Waals surface area contributed by atoms with Gasteiger partial charge in [-0.15, -0.1) is 0 Å². The van der Waals surface area contributed by atoms with Crippen molar-refractivity contribution in [2.45, 2.75) is 399 Å². The molecule has 6 heteroatoms. The van der Waals surface area contributed by atoms with Gasteiger partial charge in [0, 0.05) is 19.3 Å². The number of hydrogen-bond acceptors (Lipinski definition) is 6. The van der Waals surface area contributed by atoms with Gasteiger partial charge in [0.2, 0.25) is 0 Å². The Kier molecular flexibility index (Phi) is 66.1. The number of allylic oxidation sites excluding steroid dienone is 6. The molecule has 1 atom stereocenters. The van der Waals surface area contributed by atoms with Crippen molar-refractivity contribution in [3.8, 4) is 0 Å². The highest BCUT2D eigenvalue weighted by atomic mass is 16.6. The Labute approximate surface area is 493 Å². The molecule has 464 valence electrons. The molecular weight excluding hydrogens is 973 g/mol. The molecule has 0 aromatic rings. The Hall–Kier alpha value is -2.37. The van der Waals surface area contributed by atoms with Gasteiger partial charge in [-0.05, 0) is 77.0 Å². The highest BCUT2D eigenvalue weighted by Crippen LogP contribution is 2.18. The SMILES string of the molecule is CCCCCCC/C=C\C/C=C\CCCCCCCCCCCCCC(=O)OCC(COC(=O)CCCCCCCCC/C=C\CCCCCCCC)OC(=O)CCCCCCCCCCCCCCCCCCCCCCC. The van der Waals surface area contributed by atoms with Crippen molar-refractivity contribution in [1.82, 2.24) is 0 Å². The highest BCUT2D eigenvalue weighted by Gasteiger charge is 2.19. The Bertz CT molecular complexity index is 1320. The maximum absolute atomic E-state index is 13.0. The molecule has 0 N–H and O–H groups in total. The lowest BCUT2D eigenvalue weighted by Gasteiger charge is -2.18. The van der Waals surface area contributed by atoms with Gasteiger partial charge < -0.3 is 14.2 Å². The molecule has 0 saturated carbocycles. The van der Waals surface area contributed by atoms with E-state index >= 15 is 0 Å². The largest absolute Gasteiger partial charge is 0.462 e. The van der Waals surface area contributed by atoms with Crippen molar-refractivity contribution >= 4 is 17.9 Å². The van der Waals surface area contributed by atoms with Crippen molar-refractivity contribution in [2.24, 2.45) is 0 Å². The van der Waals surface area contributed by atoms with E-state index in [-0.39, 0.29) is 31.1 Å². The average molecular weight is 1110 g/mol. The van der Waals surface area contributed by atoms with Crippen LogP contribution in [0, 0.1) is 0 Å². The summed E-state index contributed by atoms with van der Waals surface area (Å²) in [6, 6.07) is 0. The molecular formula is C73H136O6. The molecule has 0 aromatic heterocycles. The molecule has 1 unspecified atom stereocenters. The zero-order chi connectivity index (χ0) is 57.1. The smallest absolute Gasteiger partial charge is 0.306 e. The number of esters is 3. The molecule has 0 radical (unpaired) electrons. The second kappa shape index (κ2) is 68.1. The predicted molar refractivity (Wildman–Crippen MR) is 344 cm³/mol. The quantitative estimate of drug-likeness (QED) is 0.0261. The minimum Gasteiger partial charge on any atom is -0.462 e. The molecule has 0 bridgehead atoms. The minimum absolute atomic E-state index is 0.0697. The lowest BCUT2D eigenvalue weighted by Crippen LogP contribution is -2.30. The van der Waals surface area contributed by atoms with Crippen LogP contribution in [0.15, 0.2) is 36.5 Å². The molecule has 0 saturated heterocycles. The molecule has 6 nitrogen and oxygen atoms in total. The Morgan fingerprint density at radius 2 is 0.456 bits per heavy atom. The summed E-state index contributed by atoms with van der Waals surface area (Å²) in [5, 5.41) is 0. The van der Waals surface area contributed by atoms with E-state index in [1.807, 2.05) is 0 Å². The number of ether oxygens (including phenoxy) is 3. The topological polar surface area (TPSA) is 78.9 Å². The van der Waals surface area contributed by atoms with Gasteiger partial charge >= 0.3 is 17.9 Å². The Morgan fingerprint density at radius 3 is 0.709 bits per heavy atom. The third kappa shape index (κ3) is 66.3. The van der Waals surface area contributed by atoms with E-state index in [4.69, 9.17) is 14.2 Å². The van der Waals surface area contributed by atoms with Crippen LogP contribution in [-0.4, -0.2) is 37.2 Å². The van der Waals surface area contributed by atoms with Crippen molar-refractivity contribution in [1.29, 1.82) is 0 Å². The fourth-order valence-electron chi connectivity index (χ4n) is 10.8. The van der Waals surface area contributed by atoms with Crippen molar-refractivity contribution in [3.63, 3.8) is 0 Å². The number of hydrogen-bond donors (Lipinski definition) is 0. The first-order chi connectivity index (χ1) is 39.0. The van der Waals surface area contributed by atoms with Crippen LogP contribution in [0.2, 0.25) is 0 Å². The maximum atomic E-state index is 13.0. The van der Waals surface area contributed by atoms with Gasteiger partial charge in [-0.3, -0.25) is 14.4 Å². The summed E-state index contributed by atoms with van der Waals surface area (Å²) in [6.45, 7) is 6.70. The van der Waals surface area contributed by atoms with Crippen LogP contribution in [-0.2, 0) is 28.6 Å². The van der Waals surface area contributed by atoms with Gasteiger partial charge in [0.05, 0.1) is 0 Å².